The summed E-state index contributed by atoms with van der Waals surface area (Å²) in [6, 6.07) is 5.29. The van der Waals surface area contributed by atoms with Gasteiger partial charge in [0.05, 0.1) is 7.11 Å². The second-order valence-electron chi connectivity index (χ2n) is 6.02. The number of carbonyl (C=O) groups is 1. The molecule has 0 aliphatic heterocycles. The maximum Gasteiger partial charge on any atom is 0.223 e. The number of carbonyl (C=O) groups excluding carboxylic acids is 1. The van der Waals surface area contributed by atoms with Gasteiger partial charge in [-0.15, -0.1) is 0 Å². The number of methoxy groups -OCH3 is 1. The fraction of sp³-hybridized carbons (Fsp3) is 0.588. The van der Waals surface area contributed by atoms with E-state index in [2.05, 4.69) is 12.2 Å². The standard InChI is InChI=1S/C17H25NO3/c1-12-4-3-5-14(10-12)17(20)18-9-8-13-6-7-15(19)16(11-13)21-2/h6-7,11-12,14,19H,3-5,8-10H2,1-2H3,(H,18,20). The van der Waals surface area contributed by atoms with Crippen LogP contribution in [0.25, 0.3) is 0 Å². The van der Waals surface area contributed by atoms with E-state index in [1.807, 2.05) is 12.1 Å². The summed E-state index contributed by atoms with van der Waals surface area (Å²) < 4.78 is 5.08. The maximum atomic E-state index is 12.1. The van der Waals surface area contributed by atoms with E-state index >= 15 is 0 Å². The average Bonchev–Trinajstić information content (AvgIpc) is 2.48. The van der Waals surface area contributed by atoms with Crippen LogP contribution in [0.15, 0.2) is 18.2 Å². The van der Waals surface area contributed by atoms with Crippen LogP contribution in [0.2, 0.25) is 0 Å². The Morgan fingerprint density at radius 2 is 2.24 bits per heavy atom. The highest BCUT2D eigenvalue weighted by atomic mass is 16.5. The first-order chi connectivity index (χ1) is 10.1. The van der Waals surface area contributed by atoms with E-state index in [-0.39, 0.29) is 17.6 Å². The van der Waals surface area contributed by atoms with Crippen LogP contribution in [0.4, 0.5) is 0 Å². The fourth-order valence-electron chi connectivity index (χ4n) is 3.02. The molecule has 1 aliphatic rings. The van der Waals surface area contributed by atoms with Gasteiger partial charge in [0, 0.05) is 12.5 Å². The van der Waals surface area contributed by atoms with E-state index in [1.54, 1.807) is 6.07 Å². The average molecular weight is 291 g/mol. The van der Waals surface area contributed by atoms with Crippen molar-refractivity contribution < 1.29 is 14.6 Å². The second kappa shape index (κ2) is 7.34. The third-order valence-corrected chi connectivity index (χ3v) is 4.26. The van der Waals surface area contributed by atoms with E-state index in [0.29, 0.717) is 18.2 Å². The zero-order valence-corrected chi connectivity index (χ0v) is 12.9. The van der Waals surface area contributed by atoms with Gasteiger partial charge in [-0.05, 0) is 42.9 Å². The van der Waals surface area contributed by atoms with Crippen LogP contribution in [0.5, 0.6) is 11.5 Å². The number of rotatable bonds is 5. The zero-order valence-electron chi connectivity index (χ0n) is 12.9. The van der Waals surface area contributed by atoms with Crippen molar-refractivity contribution in [2.45, 2.75) is 39.0 Å². The van der Waals surface area contributed by atoms with Gasteiger partial charge in [0.1, 0.15) is 0 Å². The number of benzene rings is 1. The Hall–Kier alpha value is -1.71. The number of ether oxygens (including phenoxy) is 1. The van der Waals surface area contributed by atoms with Crippen LogP contribution in [0, 0.1) is 11.8 Å². The van der Waals surface area contributed by atoms with Crippen LogP contribution in [-0.4, -0.2) is 24.7 Å². The molecule has 116 valence electrons. The number of phenolic OH excluding ortho intramolecular Hbond substituents is 1. The van der Waals surface area contributed by atoms with Crippen LogP contribution in [-0.2, 0) is 11.2 Å². The molecule has 0 aromatic heterocycles. The molecule has 0 radical (unpaired) electrons. The van der Waals surface area contributed by atoms with E-state index in [1.165, 1.54) is 13.5 Å². The fourth-order valence-corrected chi connectivity index (χ4v) is 3.02. The number of nitrogens with one attached hydrogen (secondary N) is 1. The van der Waals surface area contributed by atoms with Gasteiger partial charge in [0.25, 0.3) is 0 Å². The third-order valence-electron chi connectivity index (χ3n) is 4.26. The molecule has 0 bridgehead atoms. The van der Waals surface area contributed by atoms with Crippen molar-refractivity contribution in [3.63, 3.8) is 0 Å². The molecule has 2 rings (SSSR count). The number of hydrogen-bond acceptors (Lipinski definition) is 3. The lowest BCUT2D eigenvalue weighted by molar-refractivity contribution is -0.126. The SMILES string of the molecule is COc1cc(CCNC(=O)C2CCCC(C)C2)ccc1O. The largest absolute Gasteiger partial charge is 0.504 e. The van der Waals surface area contributed by atoms with Gasteiger partial charge in [-0.1, -0.05) is 25.8 Å². The van der Waals surface area contributed by atoms with Crippen molar-refractivity contribution in [3.8, 4) is 11.5 Å². The molecule has 4 heteroatoms. The summed E-state index contributed by atoms with van der Waals surface area (Å²) in [6.45, 7) is 2.85. The molecule has 0 spiro atoms. The topological polar surface area (TPSA) is 58.6 Å². The summed E-state index contributed by atoms with van der Waals surface area (Å²) in [5, 5.41) is 12.6. The van der Waals surface area contributed by atoms with Gasteiger partial charge in [-0.3, -0.25) is 4.79 Å². The van der Waals surface area contributed by atoms with Gasteiger partial charge >= 0.3 is 0 Å². The molecule has 1 aromatic rings. The van der Waals surface area contributed by atoms with Crippen molar-refractivity contribution in [1.29, 1.82) is 0 Å². The predicted molar refractivity (Wildman–Crippen MR) is 82.5 cm³/mol. The summed E-state index contributed by atoms with van der Waals surface area (Å²) in [4.78, 5) is 12.1. The van der Waals surface area contributed by atoms with Crippen molar-refractivity contribution in [2.24, 2.45) is 11.8 Å². The van der Waals surface area contributed by atoms with Crippen molar-refractivity contribution >= 4 is 5.91 Å². The minimum atomic E-state index is 0.140. The van der Waals surface area contributed by atoms with Gasteiger partial charge in [-0.25, -0.2) is 0 Å². The summed E-state index contributed by atoms with van der Waals surface area (Å²) in [7, 11) is 1.53. The molecule has 1 aromatic carbocycles. The van der Waals surface area contributed by atoms with E-state index in [4.69, 9.17) is 4.74 Å². The molecule has 21 heavy (non-hydrogen) atoms. The van der Waals surface area contributed by atoms with E-state index in [0.717, 1.165) is 31.2 Å². The minimum Gasteiger partial charge on any atom is -0.504 e. The first-order valence-corrected chi connectivity index (χ1v) is 7.73. The molecular weight excluding hydrogens is 266 g/mol. The lowest BCUT2D eigenvalue weighted by Crippen LogP contribution is -2.34. The van der Waals surface area contributed by atoms with Gasteiger partial charge < -0.3 is 15.2 Å². The molecule has 1 saturated carbocycles. The van der Waals surface area contributed by atoms with Crippen LogP contribution in [0.1, 0.15) is 38.2 Å². The summed E-state index contributed by atoms with van der Waals surface area (Å²) >= 11 is 0. The summed E-state index contributed by atoms with van der Waals surface area (Å²) in [5.74, 6) is 1.65. The predicted octanol–water partition coefficient (Wildman–Crippen LogP) is 2.89. The molecule has 1 fully saturated rings. The van der Waals surface area contributed by atoms with Crippen molar-refractivity contribution in [3.05, 3.63) is 23.8 Å². The summed E-state index contributed by atoms with van der Waals surface area (Å²) in [5.41, 5.74) is 1.04. The third kappa shape index (κ3) is 4.38. The molecule has 4 nitrogen and oxygen atoms in total. The Morgan fingerprint density at radius 3 is 2.95 bits per heavy atom. The van der Waals surface area contributed by atoms with E-state index < -0.39 is 0 Å². The lowest BCUT2D eigenvalue weighted by Gasteiger charge is -2.25. The van der Waals surface area contributed by atoms with Gasteiger partial charge in [0.2, 0.25) is 5.91 Å². The molecule has 2 N–H and O–H groups in total. The highest BCUT2D eigenvalue weighted by Gasteiger charge is 2.24. The molecule has 0 heterocycles. The Balaban J connectivity index is 1.79. The normalized spacial score (nSPS) is 21.8. The summed E-state index contributed by atoms with van der Waals surface area (Å²) in [6.07, 6.45) is 5.18. The number of aromatic hydroxyl groups is 1. The molecule has 2 unspecified atom stereocenters. The quantitative estimate of drug-likeness (QED) is 0.877. The van der Waals surface area contributed by atoms with Crippen LogP contribution in [0.3, 0.4) is 0 Å². The van der Waals surface area contributed by atoms with Gasteiger partial charge in [-0.2, -0.15) is 0 Å². The molecule has 2 atom stereocenters. The molecular formula is C17H25NO3. The van der Waals surface area contributed by atoms with Crippen molar-refractivity contribution in [1.82, 2.24) is 5.32 Å². The zero-order chi connectivity index (χ0) is 15.2. The number of hydrogen-bond donors (Lipinski definition) is 2. The smallest absolute Gasteiger partial charge is 0.223 e. The highest BCUT2D eigenvalue weighted by Crippen LogP contribution is 2.29. The highest BCUT2D eigenvalue weighted by molar-refractivity contribution is 5.78. The van der Waals surface area contributed by atoms with Crippen molar-refractivity contribution in [2.75, 3.05) is 13.7 Å². The molecule has 1 amide bonds. The lowest BCUT2D eigenvalue weighted by atomic mass is 9.82. The number of phenols is 1. The monoisotopic (exact) mass is 291 g/mol. The van der Waals surface area contributed by atoms with Gasteiger partial charge in [0.15, 0.2) is 11.5 Å². The van der Waals surface area contributed by atoms with Crippen LogP contribution >= 0.6 is 0 Å². The number of amides is 1. The van der Waals surface area contributed by atoms with Crippen LogP contribution < -0.4 is 10.1 Å². The minimum absolute atomic E-state index is 0.140. The Labute approximate surface area is 126 Å². The second-order valence-corrected chi connectivity index (χ2v) is 6.02. The maximum absolute atomic E-state index is 12.1. The van der Waals surface area contributed by atoms with E-state index in [9.17, 15) is 9.90 Å². The first-order valence-electron chi connectivity index (χ1n) is 7.73. The molecule has 1 aliphatic carbocycles. The Kier molecular flexibility index (Phi) is 5.48. The molecule has 0 saturated heterocycles. The first kappa shape index (κ1) is 15.7. The Morgan fingerprint density at radius 1 is 1.43 bits per heavy atom. The Bertz CT molecular complexity index is 487.